The summed E-state index contributed by atoms with van der Waals surface area (Å²) in [6.07, 6.45) is 3.42. The predicted octanol–water partition coefficient (Wildman–Crippen LogP) is 2.73. The molecule has 1 aromatic carbocycles. The Morgan fingerprint density at radius 1 is 1.28 bits per heavy atom. The number of benzene rings is 1. The van der Waals surface area contributed by atoms with Gasteiger partial charge in [0.15, 0.2) is 0 Å². The molecule has 0 spiro atoms. The first-order valence-electron chi connectivity index (χ1n) is 5.51. The van der Waals surface area contributed by atoms with Crippen LogP contribution in [0, 0.1) is 17.1 Å². The van der Waals surface area contributed by atoms with Crippen molar-refractivity contribution >= 4 is 5.69 Å². The molecule has 0 bridgehead atoms. The minimum Gasteiger partial charge on any atom is -0.369 e. The fourth-order valence-electron chi connectivity index (χ4n) is 1.79. The molecule has 1 heterocycles. The summed E-state index contributed by atoms with van der Waals surface area (Å²) in [5.41, 5.74) is 1.73. The van der Waals surface area contributed by atoms with Crippen molar-refractivity contribution in [3.8, 4) is 6.07 Å². The second-order valence-corrected chi connectivity index (χ2v) is 3.96. The van der Waals surface area contributed by atoms with Crippen molar-refractivity contribution in [2.45, 2.75) is 6.54 Å². The lowest BCUT2D eigenvalue weighted by Crippen LogP contribution is -2.18. The van der Waals surface area contributed by atoms with Crippen molar-refractivity contribution in [2.75, 3.05) is 11.9 Å². The first kappa shape index (κ1) is 12.1. The zero-order valence-electron chi connectivity index (χ0n) is 9.97. The van der Waals surface area contributed by atoms with E-state index < -0.39 is 5.82 Å². The van der Waals surface area contributed by atoms with Crippen molar-refractivity contribution in [3.63, 3.8) is 0 Å². The van der Waals surface area contributed by atoms with Gasteiger partial charge in [0.2, 0.25) is 0 Å². The molecule has 0 radical (unpaired) electrons. The highest BCUT2D eigenvalue weighted by molar-refractivity contribution is 5.59. The topological polar surface area (TPSA) is 39.9 Å². The second-order valence-electron chi connectivity index (χ2n) is 3.96. The van der Waals surface area contributed by atoms with Crippen LogP contribution >= 0.6 is 0 Å². The lowest BCUT2D eigenvalue weighted by atomic mass is 10.1. The van der Waals surface area contributed by atoms with Crippen LogP contribution in [-0.2, 0) is 6.54 Å². The van der Waals surface area contributed by atoms with E-state index in [0.29, 0.717) is 12.2 Å². The van der Waals surface area contributed by atoms with Gasteiger partial charge in [0, 0.05) is 26.0 Å². The predicted molar refractivity (Wildman–Crippen MR) is 67.5 cm³/mol. The smallest absolute Gasteiger partial charge is 0.143 e. The van der Waals surface area contributed by atoms with Gasteiger partial charge in [-0.1, -0.05) is 6.07 Å². The van der Waals surface area contributed by atoms with E-state index in [-0.39, 0.29) is 5.56 Å². The molecule has 90 valence electrons. The van der Waals surface area contributed by atoms with Crippen LogP contribution in [0.4, 0.5) is 10.1 Å². The number of rotatable bonds is 3. The average molecular weight is 241 g/mol. The molecule has 4 heteroatoms. The number of anilines is 1. The Kier molecular flexibility index (Phi) is 3.54. The Labute approximate surface area is 105 Å². The van der Waals surface area contributed by atoms with Gasteiger partial charge in [-0.3, -0.25) is 4.98 Å². The van der Waals surface area contributed by atoms with E-state index in [1.54, 1.807) is 24.5 Å². The Morgan fingerprint density at radius 3 is 2.67 bits per heavy atom. The van der Waals surface area contributed by atoms with Gasteiger partial charge in [-0.05, 0) is 29.8 Å². The maximum atomic E-state index is 13.5. The summed E-state index contributed by atoms with van der Waals surface area (Å²) in [4.78, 5) is 5.79. The van der Waals surface area contributed by atoms with E-state index in [9.17, 15) is 4.39 Å². The number of halogens is 1. The van der Waals surface area contributed by atoms with E-state index in [1.165, 1.54) is 6.07 Å². The molecule has 0 saturated heterocycles. The lowest BCUT2D eigenvalue weighted by Gasteiger charge is -2.20. The molecular weight excluding hydrogens is 229 g/mol. The third kappa shape index (κ3) is 2.46. The van der Waals surface area contributed by atoms with Crippen molar-refractivity contribution in [2.24, 2.45) is 0 Å². The third-order valence-electron chi connectivity index (χ3n) is 2.68. The molecule has 0 amide bonds. The van der Waals surface area contributed by atoms with Gasteiger partial charge in [-0.25, -0.2) is 4.39 Å². The molecule has 0 atom stereocenters. The molecule has 0 N–H and O–H groups in total. The molecule has 0 aliphatic carbocycles. The quantitative estimate of drug-likeness (QED) is 0.829. The Hall–Kier alpha value is -2.41. The lowest BCUT2D eigenvalue weighted by molar-refractivity contribution is 0.623. The molecule has 0 unspecified atom stereocenters. The number of aromatic nitrogens is 1. The van der Waals surface area contributed by atoms with Crippen LogP contribution in [0.15, 0.2) is 42.7 Å². The fourth-order valence-corrected chi connectivity index (χ4v) is 1.79. The van der Waals surface area contributed by atoms with Crippen LogP contribution in [0.1, 0.15) is 11.1 Å². The zero-order valence-corrected chi connectivity index (χ0v) is 9.97. The Balaban J connectivity index is 2.27. The van der Waals surface area contributed by atoms with Crippen molar-refractivity contribution in [1.29, 1.82) is 5.26 Å². The number of hydrogen-bond acceptors (Lipinski definition) is 3. The molecule has 1 aromatic heterocycles. The number of nitrogens with zero attached hydrogens (tertiary/aromatic N) is 3. The highest BCUT2D eigenvalue weighted by Crippen LogP contribution is 2.22. The largest absolute Gasteiger partial charge is 0.369 e. The van der Waals surface area contributed by atoms with E-state index in [1.807, 2.05) is 30.1 Å². The molecule has 0 saturated carbocycles. The third-order valence-corrected chi connectivity index (χ3v) is 2.68. The van der Waals surface area contributed by atoms with E-state index in [4.69, 9.17) is 5.26 Å². The Morgan fingerprint density at radius 2 is 2.00 bits per heavy atom. The summed E-state index contributed by atoms with van der Waals surface area (Å²) in [6.45, 7) is 0.598. The summed E-state index contributed by atoms with van der Waals surface area (Å²) in [5, 5.41) is 8.99. The SMILES string of the molecule is CN(Cc1ccncc1)c1cccc(F)c1C#N. The molecule has 2 rings (SSSR count). The highest BCUT2D eigenvalue weighted by atomic mass is 19.1. The summed E-state index contributed by atoms with van der Waals surface area (Å²) in [6, 6.07) is 10.3. The second kappa shape index (κ2) is 5.28. The highest BCUT2D eigenvalue weighted by Gasteiger charge is 2.11. The van der Waals surface area contributed by atoms with E-state index in [2.05, 4.69) is 4.98 Å². The van der Waals surface area contributed by atoms with Crippen LogP contribution < -0.4 is 4.90 Å². The van der Waals surface area contributed by atoms with Gasteiger partial charge in [-0.2, -0.15) is 5.26 Å². The first-order valence-corrected chi connectivity index (χ1v) is 5.51. The monoisotopic (exact) mass is 241 g/mol. The van der Waals surface area contributed by atoms with Gasteiger partial charge < -0.3 is 4.90 Å². The summed E-state index contributed by atoms with van der Waals surface area (Å²) in [5.74, 6) is -0.489. The summed E-state index contributed by atoms with van der Waals surface area (Å²) >= 11 is 0. The van der Waals surface area contributed by atoms with Gasteiger partial charge in [0.05, 0.1) is 5.69 Å². The minimum atomic E-state index is -0.489. The Bertz CT molecular complexity index is 575. The van der Waals surface area contributed by atoms with Crippen molar-refractivity contribution in [3.05, 3.63) is 59.7 Å². The van der Waals surface area contributed by atoms with Crippen LogP contribution in [-0.4, -0.2) is 12.0 Å². The van der Waals surface area contributed by atoms with Crippen molar-refractivity contribution in [1.82, 2.24) is 4.98 Å². The first-order chi connectivity index (χ1) is 8.72. The molecule has 0 aliphatic rings. The number of nitriles is 1. The van der Waals surface area contributed by atoms with Crippen LogP contribution in [0.2, 0.25) is 0 Å². The van der Waals surface area contributed by atoms with Gasteiger partial charge in [0.25, 0.3) is 0 Å². The fraction of sp³-hybridized carbons (Fsp3) is 0.143. The summed E-state index contributed by atoms with van der Waals surface area (Å²) in [7, 11) is 1.83. The zero-order chi connectivity index (χ0) is 13.0. The van der Waals surface area contributed by atoms with Crippen LogP contribution in [0.5, 0.6) is 0 Å². The molecule has 3 nitrogen and oxygen atoms in total. The number of hydrogen-bond donors (Lipinski definition) is 0. The molecular formula is C14H12FN3. The summed E-state index contributed by atoms with van der Waals surface area (Å²) < 4.78 is 13.5. The van der Waals surface area contributed by atoms with E-state index in [0.717, 1.165) is 5.56 Å². The van der Waals surface area contributed by atoms with Gasteiger partial charge in [0.1, 0.15) is 17.4 Å². The van der Waals surface area contributed by atoms with Crippen LogP contribution in [0.3, 0.4) is 0 Å². The van der Waals surface area contributed by atoms with Gasteiger partial charge >= 0.3 is 0 Å². The minimum absolute atomic E-state index is 0.0778. The van der Waals surface area contributed by atoms with Crippen molar-refractivity contribution < 1.29 is 4.39 Å². The van der Waals surface area contributed by atoms with Gasteiger partial charge in [-0.15, -0.1) is 0 Å². The van der Waals surface area contributed by atoms with Crippen LogP contribution in [0.25, 0.3) is 0 Å². The normalized spacial score (nSPS) is 9.83. The molecule has 0 aliphatic heterocycles. The standard InChI is InChI=1S/C14H12FN3/c1-18(10-11-5-7-17-8-6-11)14-4-2-3-13(15)12(14)9-16/h2-8H,10H2,1H3. The molecule has 18 heavy (non-hydrogen) atoms. The molecule has 0 fully saturated rings. The maximum absolute atomic E-state index is 13.5. The van der Waals surface area contributed by atoms with E-state index >= 15 is 0 Å². The maximum Gasteiger partial charge on any atom is 0.143 e. The molecule has 2 aromatic rings. The average Bonchev–Trinajstić information content (AvgIpc) is 2.39. The number of pyridine rings is 1.